The van der Waals surface area contributed by atoms with E-state index < -0.39 is 23.3 Å². The zero-order valence-electron chi connectivity index (χ0n) is 35.9. The molecule has 0 unspecified atom stereocenters. The second kappa shape index (κ2) is 21.3. The van der Waals surface area contributed by atoms with Gasteiger partial charge < -0.3 is 39.8 Å². The highest BCUT2D eigenvalue weighted by Crippen LogP contribution is 2.34. The average molecular weight is 830 g/mol. The van der Waals surface area contributed by atoms with Gasteiger partial charge in [-0.05, 0) is 143 Å². The highest BCUT2D eigenvalue weighted by atomic mass is 16.6. The van der Waals surface area contributed by atoms with Gasteiger partial charge in [0.15, 0.2) is 0 Å². The third kappa shape index (κ3) is 15.1. The summed E-state index contributed by atoms with van der Waals surface area (Å²) in [5.41, 5.74) is 6.84. The van der Waals surface area contributed by atoms with E-state index in [2.05, 4.69) is 31.0 Å². The smallest absolute Gasteiger partial charge is 0.407 e. The van der Waals surface area contributed by atoms with Gasteiger partial charge in [-0.15, -0.1) is 20.4 Å². The van der Waals surface area contributed by atoms with Crippen LogP contribution in [0.25, 0.3) is 22.9 Å². The molecule has 15 nitrogen and oxygen atoms in total. The summed E-state index contributed by atoms with van der Waals surface area (Å²) in [6, 6.07) is 20.2. The summed E-state index contributed by atoms with van der Waals surface area (Å²) in [4.78, 5) is 34.1. The van der Waals surface area contributed by atoms with Crippen molar-refractivity contribution in [3.05, 3.63) is 72.4 Å². The van der Waals surface area contributed by atoms with Crippen LogP contribution in [0, 0.1) is 5.92 Å². The van der Waals surface area contributed by atoms with Crippen molar-refractivity contribution in [2.75, 3.05) is 0 Å². The minimum Gasteiger partial charge on any atom is -0.481 e. The second-order valence-corrected chi connectivity index (χ2v) is 18.0. The van der Waals surface area contributed by atoms with Crippen LogP contribution in [0.2, 0.25) is 0 Å². The minimum absolute atomic E-state index is 0.0421. The molecule has 60 heavy (non-hydrogen) atoms. The number of carboxylic acids is 1. The Morgan fingerprint density at radius 2 is 0.950 bits per heavy atom. The zero-order valence-corrected chi connectivity index (χ0v) is 35.9. The van der Waals surface area contributed by atoms with Crippen LogP contribution in [0.1, 0.15) is 142 Å². The van der Waals surface area contributed by atoms with Crippen LogP contribution in [-0.2, 0) is 14.3 Å². The van der Waals surface area contributed by atoms with Gasteiger partial charge >= 0.3 is 18.2 Å². The van der Waals surface area contributed by atoms with E-state index in [0.717, 1.165) is 68.4 Å². The van der Waals surface area contributed by atoms with Crippen molar-refractivity contribution in [2.24, 2.45) is 11.7 Å². The lowest BCUT2D eigenvalue weighted by atomic mass is 9.86. The van der Waals surface area contributed by atoms with Crippen molar-refractivity contribution in [1.82, 2.24) is 31.0 Å². The molecule has 7 rings (SSSR count). The number of hydrogen-bond acceptors (Lipinski definition) is 12. The molecule has 2 aromatic carbocycles. The molecule has 0 saturated heterocycles. The molecular formula is C45H63N7O8. The van der Waals surface area contributed by atoms with E-state index in [1.54, 1.807) is 0 Å². The monoisotopic (exact) mass is 829 g/mol. The van der Waals surface area contributed by atoms with Crippen molar-refractivity contribution in [2.45, 2.75) is 160 Å². The van der Waals surface area contributed by atoms with Gasteiger partial charge in [0.05, 0.1) is 5.92 Å². The highest BCUT2D eigenvalue weighted by Gasteiger charge is 2.30. The van der Waals surface area contributed by atoms with Crippen molar-refractivity contribution in [3.8, 4) is 22.9 Å². The summed E-state index contributed by atoms with van der Waals surface area (Å²) in [6.45, 7) is 11.0. The maximum absolute atomic E-state index is 11.9. The first-order valence-electron chi connectivity index (χ1n) is 21.3. The first-order valence-corrected chi connectivity index (χ1v) is 21.3. The van der Waals surface area contributed by atoms with Crippen molar-refractivity contribution in [1.29, 1.82) is 0 Å². The van der Waals surface area contributed by atoms with Crippen molar-refractivity contribution < 1.29 is 37.8 Å². The average Bonchev–Trinajstić information content (AvgIpc) is 3.90. The molecule has 2 amide bonds. The Bertz CT molecular complexity index is 1920. The Morgan fingerprint density at radius 3 is 1.32 bits per heavy atom. The van der Waals surface area contributed by atoms with Crippen LogP contribution in [-0.4, -0.2) is 73.0 Å². The summed E-state index contributed by atoms with van der Waals surface area (Å²) in [5.74, 6) is 2.27. The molecule has 4 aromatic rings. The number of nitrogens with two attached hydrogens (primary N) is 1. The van der Waals surface area contributed by atoms with E-state index in [1.165, 1.54) is 0 Å². The summed E-state index contributed by atoms with van der Waals surface area (Å²) >= 11 is 0. The number of nitrogens with one attached hydrogen (secondary N) is 2. The first kappa shape index (κ1) is 45.8. The van der Waals surface area contributed by atoms with E-state index in [4.69, 9.17) is 29.1 Å². The van der Waals surface area contributed by atoms with Crippen LogP contribution in [0.5, 0.6) is 0 Å². The number of aliphatic carboxylic acids is 1. The lowest BCUT2D eigenvalue weighted by Crippen LogP contribution is -2.41. The molecule has 0 radical (unpaired) electrons. The molecule has 15 heteroatoms. The maximum Gasteiger partial charge on any atom is 0.407 e. The Balaban J connectivity index is 0.000000175. The van der Waals surface area contributed by atoms with Crippen LogP contribution in [0.3, 0.4) is 0 Å². The number of alkyl carbamates (subject to hydrolysis) is 2. The summed E-state index contributed by atoms with van der Waals surface area (Å²) < 4.78 is 22.1. The number of amides is 2. The fourth-order valence-corrected chi connectivity index (χ4v) is 7.48. The largest absolute Gasteiger partial charge is 0.481 e. The van der Waals surface area contributed by atoms with Crippen molar-refractivity contribution in [3.63, 3.8) is 0 Å². The Labute approximate surface area is 353 Å². The molecule has 3 fully saturated rings. The first-order chi connectivity index (χ1) is 28.5. The summed E-state index contributed by atoms with van der Waals surface area (Å²) in [7, 11) is 0. The van der Waals surface area contributed by atoms with Gasteiger partial charge in [-0.2, -0.15) is 0 Å². The van der Waals surface area contributed by atoms with Gasteiger partial charge in [0.1, 0.15) is 11.2 Å². The quantitative estimate of drug-likeness (QED) is 0.137. The number of ether oxygens (including phenoxy) is 2. The summed E-state index contributed by atoms with van der Waals surface area (Å²) in [5, 5.41) is 31.3. The molecule has 3 saturated carbocycles. The number of carbonyl (C=O) groups is 3. The van der Waals surface area contributed by atoms with Crippen LogP contribution < -0.4 is 16.4 Å². The lowest BCUT2D eigenvalue weighted by Gasteiger charge is -2.28. The predicted molar refractivity (Wildman–Crippen MR) is 226 cm³/mol. The molecule has 3 aliphatic carbocycles. The van der Waals surface area contributed by atoms with Gasteiger partial charge in [-0.1, -0.05) is 36.4 Å². The molecule has 0 aliphatic heterocycles. The molecule has 326 valence electrons. The van der Waals surface area contributed by atoms with Gasteiger partial charge in [-0.25, -0.2) is 9.59 Å². The molecule has 0 bridgehead atoms. The maximum atomic E-state index is 11.9. The SMILES string of the molecule is CC(C)(C)OC(=O)NC1CCC(C(=O)O)CC1.CC(C)(C)OC(=O)NC1CCC(c2nnc(-c3ccccc3)o2)CC1.NC1CCC(c2nnc(-c3ccccc3)o2)CC1. The van der Waals surface area contributed by atoms with E-state index >= 15 is 0 Å². The number of benzene rings is 2. The van der Waals surface area contributed by atoms with Crippen LogP contribution in [0.15, 0.2) is 69.5 Å². The Morgan fingerprint density at radius 1 is 0.583 bits per heavy atom. The van der Waals surface area contributed by atoms with E-state index in [1.807, 2.05) is 102 Å². The molecular weight excluding hydrogens is 767 g/mol. The Kier molecular flexibility index (Phi) is 16.2. The van der Waals surface area contributed by atoms with Crippen molar-refractivity contribution >= 4 is 18.2 Å². The molecule has 5 N–H and O–H groups in total. The number of rotatable bonds is 7. The third-order valence-corrected chi connectivity index (χ3v) is 10.6. The second-order valence-electron chi connectivity index (χ2n) is 18.0. The molecule has 3 aliphatic rings. The molecule has 0 spiro atoms. The lowest BCUT2D eigenvalue weighted by molar-refractivity contribution is -0.142. The van der Waals surface area contributed by atoms with Gasteiger partial charge in [-0.3, -0.25) is 4.79 Å². The third-order valence-electron chi connectivity index (χ3n) is 10.6. The number of aromatic nitrogens is 4. The standard InChI is InChI=1S/C19H25N3O3.C14H17N3O.C12H21NO4/c1-19(2,3)25-18(23)20-15-11-9-14(10-12-15)17-22-21-16(24-17)13-7-5-4-6-8-13;15-12-8-6-11(7-9-12)14-17-16-13(18-14)10-4-2-1-3-5-10;1-12(2,3)17-11(16)13-9-6-4-8(5-7-9)10(14)15/h4-8,14-15H,9-12H2,1-3H3,(H,20,23);1-5,11-12H,6-9,15H2;8-9H,4-7H2,1-3H3,(H,13,16)(H,14,15). The molecule has 0 atom stereocenters. The van der Waals surface area contributed by atoms with Gasteiger partial charge in [0.2, 0.25) is 23.6 Å². The van der Waals surface area contributed by atoms with E-state index in [9.17, 15) is 14.4 Å². The Hall–Kier alpha value is -5.31. The molecule has 2 heterocycles. The number of carbonyl (C=O) groups excluding carboxylic acids is 2. The predicted octanol–water partition coefficient (Wildman–Crippen LogP) is 9.16. The fraction of sp³-hybridized carbons (Fsp3) is 0.578. The molecule has 2 aromatic heterocycles. The highest BCUT2D eigenvalue weighted by molar-refractivity contribution is 5.70. The number of hydrogen-bond donors (Lipinski definition) is 4. The topological polar surface area (TPSA) is 218 Å². The number of nitrogens with zero attached hydrogens (tertiary/aromatic N) is 4. The number of carboxylic acid groups (broad SMARTS) is 1. The van der Waals surface area contributed by atoms with Gasteiger partial charge in [0, 0.05) is 41.1 Å². The van der Waals surface area contributed by atoms with Crippen LogP contribution in [0.4, 0.5) is 9.59 Å². The van der Waals surface area contributed by atoms with Crippen LogP contribution >= 0.6 is 0 Å². The van der Waals surface area contributed by atoms with E-state index in [0.29, 0.717) is 55.3 Å². The summed E-state index contributed by atoms with van der Waals surface area (Å²) in [6.07, 6.45) is 9.68. The normalized spacial score (nSPS) is 23.1. The van der Waals surface area contributed by atoms with E-state index in [-0.39, 0.29) is 30.0 Å². The fourth-order valence-electron chi connectivity index (χ4n) is 7.48. The zero-order chi connectivity index (χ0) is 43.3. The van der Waals surface area contributed by atoms with Gasteiger partial charge in [0.25, 0.3) is 0 Å². The minimum atomic E-state index is -0.735.